The third-order valence-corrected chi connectivity index (χ3v) is 4.41. The van der Waals surface area contributed by atoms with Crippen LogP contribution in [0.1, 0.15) is 12.8 Å². The van der Waals surface area contributed by atoms with E-state index in [9.17, 15) is 13.6 Å². The van der Waals surface area contributed by atoms with Crippen LogP contribution in [-0.4, -0.2) is 28.5 Å². The van der Waals surface area contributed by atoms with Crippen molar-refractivity contribution < 1.29 is 18.7 Å². The third-order valence-electron chi connectivity index (χ3n) is 3.09. The van der Waals surface area contributed by atoms with Crippen LogP contribution in [0.15, 0.2) is 0 Å². The summed E-state index contributed by atoms with van der Waals surface area (Å²) >= 11 is 1.61. The van der Waals surface area contributed by atoms with Crippen LogP contribution in [0.5, 0.6) is 0 Å². The molecule has 0 amide bonds. The largest absolute Gasteiger partial charge is 0.481 e. The van der Waals surface area contributed by atoms with Crippen molar-refractivity contribution in [2.24, 2.45) is 17.8 Å². The summed E-state index contributed by atoms with van der Waals surface area (Å²) in [4.78, 5) is 10.9. The van der Waals surface area contributed by atoms with Gasteiger partial charge in [0.1, 0.15) is 0 Å². The molecule has 0 aromatic carbocycles. The van der Waals surface area contributed by atoms with Gasteiger partial charge < -0.3 is 5.11 Å². The summed E-state index contributed by atoms with van der Waals surface area (Å²) in [6, 6.07) is 0. The molecule has 1 aliphatic carbocycles. The third kappa shape index (κ3) is 1.74. The van der Waals surface area contributed by atoms with Gasteiger partial charge >= 0.3 is 5.97 Å². The average Bonchev–Trinajstić information content (AvgIpc) is 1.99. The Bertz CT molecular complexity index is 241. The van der Waals surface area contributed by atoms with Crippen molar-refractivity contribution in [1.29, 1.82) is 0 Å². The van der Waals surface area contributed by atoms with Crippen molar-refractivity contribution in [3.63, 3.8) is 0 Å². The molecule has 1 saturated carbocycles. The van der Waals surface area contributed by atoms with Crippen LogP contribution < -0.4 is 0 Å². The van der Waals surface area contributed by atoms with Crippen LogP contribution in [-0.2, 0) is 4.79 Å². The normalized spacial score (nSPS) is 40.6. The van der Waals surface area contributed by atoms with Crippen molar-refractivity contribution in [2.45, 2.75) is 18.8 Å². The number of aliphatic carboxylic acids is 1. The quantitative estimate of drug-likeness (QED) is 0.738. The van der Waals surface area contributed by atoms with Crippen molar-refractivity contribution in [3.8, 4) is 0 Å². The molecule has 2 aliphatic rings. The Morgan fingerprint density at radius 2 is 1.79 bits per heavy atom. The summed E-state index contributed by atoms with van der Waals surface area (Å²) in [6.07, 6.45) is -0.485. The van der Waals surface area contributed by atoms with Crippen molar-refractivity contribution in [3.05, 3.63) is 0 Å². The fourth-order valence-corrected chi connectivity index (χ4v) is 3.98. The first kappa shape index (κ1) is 10.2. The lowest BCUT2D eigenvalue weighted by Gasteiger charge is -2.43. The fourth-order valence-electron chi connectivity index (χ4n) is 2.59. The van der Waals surface area contributed by atoms with Crippen molar-refractivity contribution in [2.75, 3.05) is 11.5 Å². The van der Waals surface area contributed by atoms with Gasteiger partial charge in [-0.15, -0.1) is 0 Å². The molecule has 1 N–H and O–H groups in total. The predicted molar refractivity (Wildman–Crippen MR) is 49.6 cm³/mol. The van der Waals surface area contributed by atoms with Gasteiger partial charge in [-0.2, -0.15) is 11.8 Å². The molecular weight excluding hydrogens is 210 g/mol. The zero-order chi connectivity index (χ0) is 10.3. The first-order chi connectivity index (χ1) is 6.49. The molecule has 0 aromatic heterocycles. The second-order valence-electron chi connectivity index (χ2n) is 4.19. The first-order valence-electron chi connectivity index (χ1n) is 4.68. The second-order valence-corrected chi connectivity index (χ2v) is 5.26. The minimum absolute atomic E-state index is 0.243. The zero-order valence-corrected chi connectivity index (χ0v) is 8.40. The topological polar surface area (TPSA) is 37.3 Å². The lowest BCUT2D eigenvalue weighted by molar-refractivity contribution is -0.154. The highest BCUT2D eigenvalue weighted by atomic mass is 32.2. The molecule has 1 heterocycles. The molecule has 2 unspecified atom stereocenters. The summed E-state index contributed by atoms with van der Waals surface area (Å²) in [5.41, 5.74) is 0. The van der Waals surface area contributed by atoms with Gasteiger partial charge in [-0.1, -0.05) is 0 Å². The maximum atomic E-state index is 13.2. The van der Waals surface area contributed by atoms with Gasteiger partial charge in [0.25, 0.3) is 0 Å². The molecule has 80 valence electrons. The maximum absolute atomic E-state index is 13.2. The van der Waals surface area contributed by atoms with E-state index in [4.69, 9.17) is 5.11 Å². The number of fused-ring (bicyclic) bond motifs is 2. The van der Waals surface area contributed by atoms with E-state index in [1.165, 1.54) is 0 Å². The van der Waals surface area contributed by atoms with Gasteiger partial charge in [-0.05, 0) is 23.3 Å². The van der Waals surface area contributed by atoms with Crippen LogP contribution >= 0.6 is 11.8 Å². The molecule has 2 bridgehead atoms. The van der Waals surface area contributed by atoms with E-state index in [2.05, 4.69) is 0 Å². The number of carboxylic acids is 1. The molecule has 2 rings (SSSR count). The lowest BCUT2D eigenvalue weighted by atomic mass is 9.71. The van der Waals surface area contributed by atoms with Gasteiger partial charge in [0, 0.05) is 12.8 Å². The zero-order valence-electron chi connectivity index (χ0n) is 7.58. The van der Waals surface area contributed by atoms with Gasteiger partial charge in [0.2, 0.25) is 5.92 Å². The van der Waals surface area contributed by atoms with Gasteiger partial charge in [0.05, 0.1) is 5.92 Å². The number of carbonyl (C=O) groups is 1. The Labute approximate surface area is 85.1 Å². The molecule has 0 aromatic rings. The molecule has 2 fully saturated rings. The molecule has 5 heteroatoms. The highest BCUT2D eigenvalue weighted by molar-refractivity contribution is 7.99. The number of rotatable bonds is 1. The highest BCUT2D eigenvalue weighted by Crippen LogP contribution is 2.49. The monoisotopic (exact) mass is 222 g/mol. The van der Waals surface area contributed by atoms with E-state index in [1.807, 2.05) is 0 Å². The smallest absolute Gasteiger partial charge is 0.307 e. The molecule has 0 radical (unpaired) electrons. The number of thioether (sulfide) groups is 1. The Balaban J connectivity index is 2.19. The molecule has 1 saturated heterocycles. The fraction of sp³-hybridized carbons (Fsp3) is 0.889. The van der Waals surface area contributed by atoms with E-state index >= 15 is 0 Å². The number of halogens is 2. The first-order valence-corrected chi connectivity index (χ1v) is 5.83. The van der Waals surface area contributed by atoms with E-state index in [0.717, 1.165) is 0 Å². The second kappa shape index (κ2) is 3.36. The Morgan fingerprint density at radius 1 is 1.29 bits per heavy atom. The van der Waals surface area contributed by atoms with Crippen LogP contribution in [0.4, 0.5) is 8.78 Å². The van der Waals surface area contributed by atoms with Gasteiger partial charge in [-0.3, -0.25) is 4.79 Å². The summed E-state index contributed by atoms with van der Waals surface area (Å²) in [5.74, 6) is -3.58. The standard InChI is InChI=1S/C9H12F2O2S/c10-9(11)1-5-3-14-4-6(2-9)7(5)8(12)13/h5-7H,1-4H2,(H,12,13). The predicted octanol–water partition coefficient (Wildman–Crippen LogP) is 2.10. The molecular formula is C9H12F2O2S. The molecule has 2 nitrogen and oxygen atoms in total. The van der Waals surface area contributed by atoms with E-state index in [1.54, 1.807) is 11.8 Å². The number of alkyl halides is 2. The summed E-state index contributed by atoms with van der Waals surface area (Å²) in [7, 11) is 0. The molecule has 14 heavy (non-hydrogen) atoms. The van der Waals surface area contributed by atoms with Crippen molar-refractivity contribution in [1.82, 2.24) is 0 Å². The Morgan fingerprint density at radius 3 is 2.21 bits per heavy atom. The Hall–Kier alpha value is -0.320. The van der Waals surface area contributed by atoms with Crippen LogP contribution in [0.2, 0.25) is 0 Å². The Kier molecular flexibility index (Phi) is 2.45. The van der Waals surface area contributed by atoms with Gasteiger partial charge in [-0.25, -0.2) is 8.78 Å². The summed E-state index contributed by atoms with van der Waals surface area (Å²) in [6.45, 7) is 0. The number of hydrogen-bond acceptors (Lipinski definition) is 2. The highest BCUT2D eigenvalue weighted by Gasteiger charge is 2.51. The van der Waals surface area contributed by atoms with E-state index < -0.39 is 17.8 Å². The van der Waals surface area contributed by atoms with Crippen molar-refractivity contribution >= 4 is 17.7 Å². The number of hydrogen-bond donors (Lipinski definition) is 1. The summed E-state index contributed by atoms with van der Waals surface area (Å²) < 4.78 is 26.3. The average molecular weight is 222 g/mol. The van der Waals surface area contributed by atoms with E-state index in [0.29, 0.717) is 11.5 Å². The number of carboxylic acid groups (broad SMARTS) is 1. The van der Waals surface area contributed by atoms with Crippen LogP contribution in [0.25, 0.3) is 0 Å². The van der Waals surface area contributed by atoms with Gasteiger partial charge in [0.15, 0.2) is 0 Å². The summed E-state index contributed by atoms with van der Waals surface area (Å²) in [5, 5.41) is 8.96. The molecule has 0 spiro atoms. The van der Waals surface area contributed by atoms with Crippen LogP contribution in [0.3, 0.4) is 0 Å². The van der Waals surface area contributed by atoms with E-state index in [-0.39, 0.29) is 24.7 Å². The van der Waals surface area contributed by atoms with Crippen LogP contribution in [0, 0.1) is 17.8 Å². The minimum Gasteiger partial charge on any atom is -0.481 e. The molecule has 1 aliphatic heterocycles. The lowest BCUT2D eigenvalue weighted by Crippen LogP contribution is -2.47. The maximum Gasteiger partial charge on any atom is 0.307 e. The SMILES string of the molecule is O=C(O)C1C2CSCC1CC(F)(F)C2. The minimum atomic E-state index is -2.64. The molecule has 2 atom stereocenters.